The molecule has 1 saturated heterocycles. The Hall–Kier alpha value is -0.610. The average Bonchev–Trinajstić information content (AvgIpc) is 2.88. The Morgan fingerprint density at radius 1 is 1.54 bits per heavy atom. The number of aliphatic hydroxyl groups is 1. The quantitative estimate of drug-likeness (QED) is 0.662. The van der Waals surface area contributed by atoms with Crippen molar-refractivity contribution in [2.75, 3.05) is 20.2 Å². The van der Waals surface area contributed by atoms with Crippen molar-refractivity contribution in [3.05, 3.63) is 0 Å². The molecule has 2 rings (SSSR count). The van der Waals surface area contributed by atoms with Crippen LogP contribution in [0.4, 0.5) is 0 Å². The van der Waals surface area contributed by atoms with Gasteiger partial charge in [-0.3, -0.25) is 9.80 Å². The van der Waals surface area contributed by atoms with E-state index in [9.17, 15) is 4.79 Å². The van der Waals surface area contributed by atoms with Gasteiger partial charge in [0.2, 0.25) is 5.91 Å². The van der Waals surface area contributed by atoms with E-state index in [4.69, 9.17) is 5.11 Å². The molecule has 0 spiro atoms. The van der Waals surface area contributed by atoms with Crippen LogP contribution in [0.15, 0.2) is 0 Å². The maximum atomic E-state index is 11.5. The van der Waals surface area contributed by atoms with Gasteiger partial charge in [-0.15, -0.1) is 0 Å². The molecule has 13 heavy (non-hydrogen) atoms. The van der Waals surface area contributed by atoms with Gasteiger partial charge in [-0.05, 0) is 18.8 Å². The number of aliphatic hydroxyl groups excluding tert-OH is 1. The fourth-order valence-electron chi connectivity index (χ4n) is 2.10. The van der Waals surface area contributed by atoms with Crippen molar-refractivity contribution in [1.29, 1.82) is 0 Å². The maximum absolute atomic E-state index is 11.5. The Morgan fingerprint density at radius 2 is 2.23 bits per heavy atom. The zero-order chi connectivity index (χ0) is 9.42. The second-order valence-electron chi connectivity index (χ2n) is 3.92. The summed E-state index contributed by atoms with van der Waals surface area (Å²) in [6, 6.07) is 0.402. The lowest BCUT2D eigenvalue weighted by molar-refractivity contribution is -0.138. The summed E-state index contributed by atoms with van der Waals surface area (Å²) in [7, 11) is 1.95. The Balaban J connectivity index is 2.00. The Bertz CT molecular complexity index is 216. The predicted molar refractivity (Wildman–Crippen MR) is 47.7 cm³/mol. The third-order valence-corrected chi connectivity index (χ3v) is 3.01. The van der Waals surface area contributed by atoms with Gasteiger partial charge in [0.1, 0.15) is 0 Å². The predicted octanol–water partition coefficient (Wildman–Crippen LogP) is -0.164. The minimum atomic E-state index is 0.0491. The van der Waals surface area contributed by atoms with Gasteiger partial charge < -0.3 is 5.11 Å². The van der Waals surface area contributed by atoms with Gasteiger partial charge in [0.15, 0.2) is 0 Å². The Labute approximate surface area is 78.1 Å². The van der Waals surface area contributed by atoms with E-state index in [-0.39, 0.29) is 12.5 Å². The molecule has 2 fully saturated rings. The lowest BCUT2D eigenvalue weighted by atomic mass is 10.1. The molecule has 1 aliphatic heterocycles. The molecular formula is C9H16N2O2. The first-order valence-corrected chi connectivity index (χ1v) is 4.88. The summed E-state index contributed by atoms with van der Waals surface area (Å²) in [5, 5.41) is 12.5. The first-order chi connectivity index (χ1) is 6.24. The molecule has 1 aliphatic carbocycles. The summed E-state index contributed by atoms with van der Waals surface area (Å²) in [6.07, 6.45) is 3.16. The summed E-state index contributed by atoms with van der Waals surface area (Å²) in [4.78, 5) is 11.5. The standard InChI is InChI=1S/C9H16N2O2/c1-10-8(7-2-3-7)6-9(13)11(10)4-5-12/h7-8,12H,2-6H2,1H3. The van der Waals surface area contributed by atoms with Crippen LogP contribution in [0, 0.1) is 5.92 Å². The van der Waals surface area contributed by atoms with Gasteiger partial charge in [0.05, 0.1) is 13.2 Å². The number of rotatable bonds is 3. The molecular weight excluding hydrogens is 168 g/mol. The number of carbonyl (C=O) groups excluding carboxylic acids is 1. The second-order valence-corrected chi connectivity index (χ2v) is 3.92. The van der Waals surface area contributed by atoms with Gasteiger partial charge in [-0.1, -0.05) is 0 Å². The number of hydrogen-bond acceptors (Lipinski definition) is 3. The number of carbonyl (C=O) groups is 1. The molecule has 74 valence electrons. The number of amides is 1. The molecule has 1 heterocycles. The van der Waals surface area contributed by atoms with Crippen LogP contribution in [0.5, 0.6) is 0 Å². The molecule has 0 radical (unpaired) electrons. The minimum absolute atomic E-state index is 0.0491. The van der Waals surface area contributed by atoms with Gasteiger partial charge >= 0.3 is 0 Å². The summed E-state index contributed by atoms with van der Waals surface area (Å²) in [5.74, 6) is 0.881. The fourth-order valence-corrected chi connectivity index (χ4v) is 2.10. The lowest BCUT2D eigenvalue weighted by Gasteiger charge is -2.27. The zero-order valence-corrected chi connectivity index (χ0v) is 7.94. The van der Waals surface area contributed by atoms with Crippen LogP contribution in [-0.4, -0.2) is 47.3 Å². The van der Waals surface area contributed by atoms with Crippen LogP contribution in [0.1, 0.15) is 19.3 Å². The molecule has 4 nitrogen and oxygen atoms in total. The number of hydrogen-bond donors (Lipinski definition) is 1. The number of β-amino-alcohol motifs (C(OH)–C–C–N with tert-alkyl or cyclic N) is 1. The normalized spacial score (nSPS) is 30.2. The second kappa shape index (κ2) is 3.27. The van der Waals surface area contributed by atoms with Crippen molar-refractivity contribution >= 4 is 5.91 Å². The summed E-state index contributed by atoms with van der Waals surface area (Å²) in [5.41, 5.74) is 0. The van der Waals surface area contributed by atoms with E-state index in [1.165, 1.54) is 12.8 Å². The van der Waals surface area contributed by atoms with E-state index in [0.29, 0.717) is 19.0 Å². The smallest absolute Gasteiger partial charge is 0.238 e. The Kier molecular flexibility index (Phi) is 2.26. The number of nitrogens with zero attached hydrogens (tertiary/aromatic N) is 2. The first kappa shape index (κ1) is 8.97. The topological polar surface area (TPSA) is 43.8 Å². The van der Waals surface area contributed by atoms with Crippen LogP contribution in [0.3, 0.4) is 0 Å². The van der Waals surface area contributed by atoms with Gasteiger partial charge in [-0.2, -0.15) is 0 Å². The van der Waals surface area contributed by atoms with Crippen LogP contribution >= 0.6 is 0 Å². The lowest BCUT2D eigenvalue weighted by Crippen LogP contribution is -2.41. The summed E-state index contributed by atoms with van der Waals surface area (Å²) < 4.78 is 0. The van der Waals surface area contributed by atoms with E-state index in [1.54, 1.807) is 5.01 Å². The summed E-state index contributed by atoms with van der Waals surface area (Å²) >= 11 is 0. The molecule has 2 aliphatic rings. The van der Waals surface area contributed by atoms with Crippen LogP contribution in [-0.2, 0) is 4.79 Å². The van der Waals surface area contributed by atoms with Crippen molar-refractivity contribution in [1.82, 2.24) is 10.0 Å². The van der Waals surface area contributed by atoms with Crippen LogP contribution in [0.25, 0.3) is 0 Å². The van der Waals surface area contributed by atoms with E-state index < -0.39 is 0 Å². The molecule has 1 saturated carbocycles. The average molecular weight is 184 g/mol. The van der Waals surface area contributed by atoms with E-state index in [2.05, 4.69) is 0 Å². The van der Waals surface area contributed by atoms with Crippen molar-refractivity contribution in [3.63, 3.8) is 0 Å². The third-order valence-electron chi connectivity index (χ3n) is 3.01. The van der Waals surface area contributed by atoms with Gasteiger partial charge in [0, 0.05) is 19.5 Å². The van der Waals surface area contributed by atoms with Crippen LogP contribution < -0.4 is 0 Å². The molecule has 1 N–H and O–H groups in total. The van der Waals surface area contributed by atoms with Crippen LogP contribution in [0.2, 0.25) is 0 Å². The SMILES string of the molecule is CN1C(C2CC2)CC(=O)N1CCO. The van der Waals surface area contributed by atoms with Gasteiger partial charge in [0.25, 0.3) is 0 Å². The highest BCUT2D eigenvalue weighted by Gasteiger charge is 2.43. The molecule has 0 bridgehead atoms. The minimum Gasteiger partial charge on any atom is -0.394 e. The molecule has 1 atom stereocenters. The zero-order valence-electron chi connectivity index (χ0n) is 7.94. The van der Waals surface area contributed by atoms with E-state index in [0.717, 1.165) is 5.92 Å². The molecule has 1 amide bonds. The van der Waals surface area contributed by atoms with E-state index in [1.807, 2.05) is 12.1 Å². The van der Waals surface area contributed by atoms with Crippen molar-refractivity contribution in [2.45, 2.75) is 25.3 Å². The van der Waals surface area contributed by atoms with Crippen molar-refractivity contribution < 1.29 is 9.90 Å². The van der Waals surface area contributed by atoms with Crippen molar-refractivity contribution in [3.8, 4) is 0 Å². The van der Waals surface area contributed by atoms with E-state index >= 15 is 0 Å². The highest BCUT2D eigenvalue weighted by Crippen LogP contribution is 2.39. The maximum Gasteiger partial charge on any atom is 0.238 e. The highest BCUT2D eigenvalue weighted by molar-refractivity contribution is 5.78. The first-order valence-electron chi connectivity index (χ1n) is 4.88. The molecule has 0 aromatic carbocycles. The van der Waals surface area contributed by atoms with Gasteiger partial charge in [-0.25, -0.2) is 5.01 Å². The molecule has 0 aromatic heterocycles. The number of hydrazine groups is 1. The monoisotopic (exact) mass is 184 g/mol. The third kappa shape index (κ3) is 1.56. The molecule has 1 unspecified atom stereocenters. The fraction of sp³-hybridized carbons (Fsp3) is 0.889. The molecule has 4 heteroatoms. The molecule has 0 aromatic rings. The van der Waals surface area contributed by atoms with Crippen molar-refractivity contribution in [2.24, 2.45) is 5.92 Å². The summed E-state index contributed by atoms with van der Waals surface area (Å²) in [6.45, 7) is 0.492. The highest BCUT2D eigenvalue weighted by atomic mass is 16.3. The largest absolute Gasteiger partial charge is 0.394 e. The Morgan fingerprint density at radius 3 is 2.77 bits per heavy atom.